The van der Waals surface area contributed by atoms with Gasteiger partial charge in [-0.15, -0.1) is 0 Å². The SMILES string of the molecule is NC(=O)Nc1cccc(C(=O)N2CCCC[C@@H]2C2OCCO2)c1. The number of piperidine rings is 1. The van der Waals surface area contributed by atoms with Crippen LogP contribution in [-0.4, -0.2) is 48.9 Å². The number of amides is 3. The van der Waals surface area contributed by atoms with Crippen LogP contribution in [0.5, 0.6) is 0 Å². The maximum absolute atomic E-state index is 12.9. The van der Waals surface area contributed by atoms with Gasteiger partial charge in [-0.2, -0.15) is 0 Å². The minimum atomic E-state index is -0.654. The zero-order valence-corrected chi connectivity index (χ0v) is 12.9. The lowest BCUT2D eigenvalue weighted by Gasteiger charge is -2.38. The maximum Gasteiger partial charge on any atom is 0.316 e. The highest BCUT2D eigenvalue weighted by atomic mass is 16.7. The first kappa shape index (κ1) is 15.8. The van der Waals surface area contributed by atoms with Gasteiger partial charge in [0.25, 0.3) is 5.91 Å². The first-order valence-corrected chi connectivity index (χ1v) is 7.86. The van der Waals surface area contributed by atoms with E-state index in [4.69, 9.17) is 15.2 Å². The Balaban J connectivity index is 1.78. The second-order valence-electron chi connectivity index (χ2n) is 5.74. The van der Waals surface area contributed by atoms with E-state index in [1.54, 1.807) is 24.3 Å². The largest absolute Gasteiger partial charge is 0.351 e. The predicted molar refractivity (Wildman–Crippen MR) is 84.0 cm³/mol. The molecule has 7 heteroatoms. The van der Waals surface area contributed by atoms with Crippen LogP contribution in [0.3, 0.4) is 0 Å². The number of carbonyl (C=O) groups is 2. The van der Waals surface area contributed by atoms with Crippen molar-refractivity contribution >= 4 is 17.6 Å². The zero-order chi connectivity index (χ0) is 16.2. The molecule has 0 aliphatic carbocycles. The summed E-state index contributed by atoms with van der Waals surface area (Å²) < 4.78 is 11.2. The lowest BCUT2D eigenvalue weighted by Crippen LogP contribution is -2.50. The predicted octanol–water partition coefficient (Wildman–Crippen LogP) is 1.54. The van der Waals surface area contributed by atoms with E-state index in [1.165, 1.54) is 0 Å². The number of nitrogens with one attached hydrogen (secondary N) is 1. The van der Waals surface area contributed by atoms with E-state index in [-0.39, 0.29) is 18.2 Å². The van der Waals surface area contributed by atoms with Crippen molar-refractivity contribution in [2.75, 3.05) is 25.1 Å². The molecule has 0 bridgehead atoms. The number of anilines is 1. The first-order chi connectivity index (χ1) is 11.1. The number of hydrogen-bond acceptors (Lipinski definition) is 4. The Hall–Kier alpha value is -2.12. The molecule has 0 aromatic heterocycles. The van der Waals surface area contributed by atoms with Gasteiger partial charge in [0.15, 0.2) is 6.29 Å². The number of carbonyl (C=O) groups excluding carboxylic acids is 2. The zero-order valence-electron chi connectivity index (χ0n) is 12.9. The topological polar surface area (TPSA) is 93.9 Å². The Morgan fingerprint density at radius 2 is 2.00 bits per heavy atom. The number of likely N-dealkylation sites (tertiary alicyclic amines) is 1. The Morgan fingerprint density at radius 3 is 2.74 bits per heavy atom. The molecule has 3 N–H and O–H groups in total. The Morgan fingerprint density at radius 1 is 1.22 bits per heavy atom. The lowest BCUT2D eigenvalue weighted by molar-refractivity contribution is -0.100. The second kappa shape index (κ2) is 6.97. The molecule has 0 spiro atoms. The standard InChI is InChI=1S/C16H21N3O4/c17-16(21)18-12-5-3-4-11(10-12)14(20)19-7-2-1-6-13(19)15-22-8-9-23-15/h3-5,10,13,15H,1-2,6-9H2,(H3,17,18,21)/t13-/m1/s1. The summed E-state index contributed by atoms with van der Waals surface area (Å²) in [5, 5.41) is 2.49. The number of urea groups is 1. The van der Waals surface area contributed by atoms with Crippen molar-refractivity contribution in [2.45, 2.75) is 31.6 Å². The molecule has 2 heterocycles. The molecule has 2 fully saturated rings. The number of nitrogens with two attached hydrogens (primary N) is 1. The van der Waals surface area contributed by atoms with Gasteiger partial charge < -0.3 is 25.4 Å². The average Bonchev–Trinajstić information content (AvgIpc) is 3.08. The molecule has 0 unspecified atom stereocenters. The summed E-state index contributed by atoms with van der Waals surface area (Å²) in [4.78, 5) is 25.7. The fourth-order valence-corrected chi connectivity index (χ4v) is 3.13. The molecule has 3 amide bonds. The molecule has 23 heavy (non-hydrogen) atoms. The van der Waals surface area contributed by atoms with Gasteiger partial charge >= 0.3 is 6.03 Å². The third kappa shape index (κ3) is 3.62. The highest BCUT2D eigenvalue weighted by Crippen LogP contribution is 2.26. The van der Waals surface area contributed by atoms with Crippen LogP contribution in [-0.2, 0) is 9.47 Å². The molecule has 0 radical (unpaired) electrons. The van der Waals surface area contributed by atoms with Gasteiger partial charge in [0.05, 0.1) is 19.3 Å². The van der Waals surface area contributed by atoms with Gasteiger partial charge in [0.1, 0.15) is 0 Å². The molecule has 7 nitrogen and oxygen atoms in total. The smallest absolute Gasteiger partial charge is 0.316 e. The van der Waals surface area contributed by atoms with Gasteiger partial charge in [-0.05, 0) is 37.5 Å². The molecule has 124 valence electrons. The van der Waals surface area contributed by atoms with Gasteiger partial charge in [0, 0.05) is 17.8 Å². The van der Waals surface area contributed by atoms with E-state index in [1.807, 2.05) is 4.90 Å². The number of ether oxygens (including phenoxy) is 2. The van der Waals surface area contributed by atoms with Crippen LogP contribution >= 0.6 is 0 Å². The summed E-state index contributed by atoms with van der Waals surface area (Å²) in [5.74, 6) is -0.0816. The van der Waals surface area contributed by atoms with E-state index < -0.39 is 6.03 Å². The summed E-state index contributed by atoms with van der Waals surface area (Å²) in [6, 6.07) is 6.06. The van der Waals surface area contributed by atoms with Crippen LogP contribution in [0, 0.1) is 0 Å². The summed E-state index contributed by atoms with van der Waals surface area (Å²) in [6.45, 7) is 1.82. The molecule has 1 aromatic rings. The molecule has 1 aromatic carbocycles. The van der Waals surface area contributed by atoms with Crippen LogP contribution in [0.15, 0.2) is 24.3 Å². The van der Waals surface area contributed by atoms with Crippen molar-refractivity contribution in [1.29, 1.82) is 0 Å². The number of nitrogens with zero attached hydrogens (tertiary/aromatic N) is 1. The van der Waals surface area contributed by atoms with Crippen molar-refractivity contribution in [3.05, 3.63) is 29.8 Å². The van der Waals surface area contributed by atoms with E-state index in [2.05, 4.69) is 5.32 Å². The summed E-state index contributed by atoms with van der Waals surface area (Å²) in [7, 11) is 0. The monoisotopic (exact) mass is 319 g/mol. The molecular formula is C16H21N3O4. The minimum Gasteiger partial charge on any atom is -0.351 e. The van der Waals surface area contributed by atoms with Crippen LogP contribution in [0.1, 0.15) is 29.6 Å². The second-order valence-corrected chi connectivity index (χ2v) is 5.74. The van der Waals surface area contributed by atoms with Gasteiger partial charge in [-0.1, -0.05) is 6.07 Å². The van der Waals surface area contributed by atoms with Crippen LogP contribution in [0.2, 0.25) is 0 Å². The van der Waals surface area contributed by atoms with Crippen molar-refractivity contribution in [1.82, 2.24) is 4.90 Å². The number of rotatable bonds is 3. The Bertz CT molecular complexity index is 586. The molecular weight excluding hydrogens is 298 g/mol. The average molecular weight is 319 g/mol. The maximum atomic E-state index is 12.9. The normalized spacial score (nSPS) is 22.1. The number of hydrogen-bond donors (Lipinski definition) is 2. The highest BCUT2D eigenvalue weighted by molar-refractivity contribution is 5.97. The first-order valence-electron chi connectivity index (χ1n) is 7.86. The molecule has 3 rings (SSSR count). The van der Waals surface area contributed by atoms with Gasteiger partial charge in [-0.25, -0.2) is 4.79 Å². The van der Waals surface area contributed by atoms with Gasteiger partial charge in [-0.3, -0.25) is 4.79 Å². The van der Waals surface area contributed by atoms with E-state index in [0.29, 0.717) is 31.0 Å². The summed E-state index contributed by atoms with van der Waals surface area (Å²) >= 11 is 0. The quantitative estimate of drug-likeness (QED) is 0.883. The van der Waals surface area contributed by atoms with Crippen LogP contribution < -0.4 is 11.1 Å². The molecule has 0 saturated carbocycles. The Labute approximate surface area is 134 Å². The third-order valence-corrected chi connectivity index (χ3v) is 4.15. The molecule has 2 aliphatic rings. The van der Waals surface area contributed by atoms with E-state index >= 15 is 0 Å². The fraction of sp³-hybridized carbons (Fsp3) is 0.500. The highest BCUT2D eigenvalue weighted by Gasteiger charge is 2.36. The minimum absolute atomic E-state index is 0.0634. The van der Waals surface area contributed by atoms with Crippen molar-refractivity contribution < 1.29 is 19.1 Å². The number of primary amides is 1. The summed E-state index contributed by atoms with van der Waals surface area (Å²) in [5.41, 5.74) is 6.14. The summed E-state index contributed by atoms with van der Waals surface area (Å²) in [6.07, 6.45) is 2.55. The van der Waals surface area contributed by atoms with Crippen molar-refractivity contribution in [3.8, 4) is 0 Å². The molecule has 1 atom stereocenters. The van der Waals surface area contributed by atoms with Crippen LogP contribution in [0.25, 0.3) is 0 Å². The van der Waals surface area contributed by atoms with Crippen molar-refractivity contribution in [3.63, 3.8) is 0 Å². The molecule has 2 aliphatic heterocycles. The number of benzene rings is 1. The van der Waals surface area contributed by atoms with Crippen molar-refractivity contribution in [2.24, 2.45) is 5.73 Å². The third-order valence-electron chi connectivity index (χ3n) is 4.15. The van der Waals surface area contributed by atoms with Gasteiger partial charge in [0.2, 0.25) is 0 Å². The fourth-order valence-electron chi connectivity index (χ4n) is 3.13. The lowest BCUT2D eigenvalue weighted by atomic mass is 10.00. The Kier molecular flexibility index (Phi) is 4.78. The van der Waals surface area contributed by atoms with Crippen LogP contribution in [0.4, 0.5) is 10.5 Å². The van der Waals surface area contributed by atoms with E-state index in [0.717, 1.165) is 19.3 Å². The molecule has 2 saturated heterocycles. The van der Waals surface area contributed by atoms with E-state index in [9.17, 15) is 9.59 Å².